The highest BCUT2D eigenvalue weighted by Gasteiger charge is 2.22. The molecule has 1 fully saturated rings. The van der Waals surface area contributed by atoms with Crippen LogP contribution in [0.4, 0.5) is 0 Å². The lowest BCUT2D eigenvalue weighted by molar-refractivity contribution is 0.186. The van der Waals surface area contributed by atoms with Gasteiger partial charge >= 0.3 is 5.69 Å². The summed E-state index contributed by atoms with van der Waals surface area (Å²) >= 11 is 5.72. The molecule has 1 aliphatic heterocycles. The monoisotopic (exact) mass is 240 g/mol. The Morgan fingerprint density at radius 2 is 2.50 bits per heavy atom. The zero-order valence-electron chi connectivity index (χ0n) is 8.31. The van der Waals surface area contributed by atoms with Gasteiger partial charge in [-0.3, -0.25) is 4.57 Å². The van der Waals surface area contributed by atoms with Crippen LogP contribution >= 0.6 is 11.6 Å². The summed E-state index contributed by atoms with van der Waals surface area (Å²) in [4.78, 5) is 22.4. The average molecular weight is 241 g/mol. The van der Waals surface area contributed by atoms with Crippen LogP contribution < -0.4 is 5.69 Å². The summed E-state index contributed by atoms with van der Waals surface area (Å²) in [7, 11) is 0. The molecule has 7 heteroatoms. The van der Waals surface area contributed by atoms with Crippen LogP contribution in [0.5, 0.6) is 0 Å². The Balaban J connectivity index is 2.25. The maximum atomic E-state index is 11.8. The van der Waals surface area contributed by atoms with Gasteiger partial charge in [-0.15, -0.1) is 0 Å². The molecule has 0 amide bonds. The molecular formula is C9H9ClN4O2. The third kappa shape index (κ3) is 1.42. The number of hydrogen-bond acceptors (Lipinski definition) is 4. The molecule has 1 N–H and O–H groups in total. The molecule has 3 heterocycles. The third-order valence-electron chi connectivity index (χ3n) is 2.70. The van der Waals surface area contributed by atoms with Gasteiger partial charge in [-0.1, -0.05) is 0 Å². The van der Waals surface area contributed by atoms with Gasteiger partial charge < -0.3 is 9.72 Å². The van der Waals surface area contributed by atoms with E-state index in [-0.39, 0.29) is 17.0 Å². The second kappa shape index (κ2) is 3.57. The number of nitrogens with zero attached hydrogens (tertiary/aromatic N) is 3. The van der Waals surface area contributed by atoms with E-state index in [4.69, 9.17) is 16.3 Å². The van der Waals surface area contributed by atoms with Gasteiger partial charge in [-0.05, 0) is 18.0 Å². The number of fused-ring (bicyclic) bond motifs is 1. The summed E-state index contributed by atoms with van der Waals surface area (Å²) in [5.41, 5.74) is 0.948. The first-order valence-electron chi connectivity index (χ1n) is 4.96. The van der Waals surface area contributed by atoms with Crippen LogP contribution in [0.2, 0.25) is 5.28 Å². The fourth-order valence-corrected chi connectivity index (χ4v) is 2.09. The minimum Gasteiger partial charge on any atom is -0.379 e. The number of H-pyrrole nitrogens is 1. The number of imidazole rings is 1. The van der Waals surface area contributed by atoms with Gasteiger partial charge in [0.25, 0.3) is 0 Å². The molecule has 6 nitrogen and oxygen atoms in total. The Bertz CT molecular complexity index is 585. The summed E-state index contributed by atoms with van der Waals surface area (Å²) < 4.78 is 6.86. The van der Waals surface area contributed by atoms with Crippen molar-refractivity contribution in [1.29, 1.82) is 0 Å². The number of rotatable bonds is 1. The van der Waals surface area contributed by atoms with E-state index in [0.717, 1.165) is 6.42 Å². The number of aromatic nitrogens is 4. The van der Waals surface area contributed by atoms with E-state index >= 15 is 0 Å². The molecule has 0 spiro atoms. The average Bonchev–Trinajstić information content (AvgIpc) is 2.83. The van der Waals surface area contributed by atoms with Crippen molar-refractivity contribution in [3.05, 3.63) is 22.0 Å². The maximum Gasteiger partial charge on any atom is 0.328 e. The van der Waals surface area contributed by atoms with E-state index in [1.165, 1.54) is 6.20 Å². The number of ether oxygens (including phenoxy) is 1. The van der Waals surface area contributed by atoms with Crippen molar-refractivity contribution in [2.24, 2.45) is 0 Å². The number of nitrogens with one attached hydrogen (secondary N) is 1. The van der Waals surface area contributed by atoms with Crippen LogP contribution in [-0.2, 0) is 4.74 Å². The molecule has 1 atom stereocenters. The van der Waals surface area contributed by atoms with Crippen molar-refractivity contribution >= 4 is 22.8 Å². The lowest BCUT2D eigenvalue weighted by Crippen LogP contribution is -2.22. The molecule has 84 valence electrons. The fourth-order valence-electron chi connectivity index (χ4n) is 1.96. The zero-order valence-corrected chi connectivity index (χ0v) is 9.07. The summed E-state index contributed by atoms with van der Waals surface area (Å²) in [6.45, 7) is 1.21. The first-order chi connectivity index (χ1) is 7.75. The molecule has 3 rings (SSSR count). The second-order valence-electron chi connectivity index (χ2n) is 3.69. The Morgan fingerprint density at radius 3 is 3.25 bits per heavy atom. The quantitative estimate of drug-likeness (QED) is 0.746. The molecule has 1 saturated heterocycles. The van der Waals surface area contributed by atoms with Gasteiger partial charge in [0.05, 0.1) is 18.8 Å². The largest absolute Gasteiger partial charge is 0.379 e. The lowest BCUT2D eigenvalue weighted by Gasteiger charge is -2.08. The molecule has 2 aromatic rings. The van der Waals surface area contributed by atoms with Crippen molar-refractivity contribution in [3.8, 4) is 0 Å². The van der Waals surface area contributed by atoms with Crippen molar-refractivity contribution in [2.75, 3.05) is 13.2 Å². The van der Waals surface area contributed by atoms with Crippen molar-refractivity contribution in [1.82, 2.24) is 19.5 Å². The van der Waals surface area contributed by atoms with Crippen LogP contribution in [0.1, 0.15) is 12.5 Å². The Hall–Kier alpha value is -1.40. The third-order valence-corrected chi connectivity index (χ3v) is 2.88. The number of aromatic amines is 1. The van der Waals surface area contributed by atoms with Crippen LogP contribution in [0.15, 0.2) is 11.0 Å². The minimum atomic E-state index is -0.193. The van der Waals surface area contributed by atoms with E-state index in [9.17, 15) is 4.79 Å². The number of halogens is 1. The molecule has 0 radical (unpaired) electrons. The highest BCUT2D eigenvalue weighted by molar-refractivity contribution is 6.28. The minimum absolute atomic E-state index is 0.0345. The van der Waals surface area contributed by atoms with Gasteiger partial charge in [0.2, 0.25) is 5.28 Å². The normalized spacial score (nSPS) is 20.7. The van der Waals surface area contributed by atoms with E-state index in [1.54, 1.807) is 4.57 Å². The predicted molar refractivity (Wildman–Crippen MR) is 57.6 cm³/mol. The summed E-state index contributed by atoms with van der Waals surface area (Å²) in [5.74, 6) is 0. The Labute approximate surface area is 95.2 Å². The molecule has 0 aliphatic carbocycles. The smallest absolute Gasteiger partial charge is 0.328 e. The molecule has 2 aromatic heterocycles. The molecule has 0 unspecified atom stereocenters. The summed E-state index contributed by atoms with van der Waals surface area (Å²) in [5, 5.41) is 0.138. The van der Waals surface area contributed by atoms with E-state index < -0.39 is 0 Å². The fraction of sp³-hybridized carbons (Fsp3) is 0.444. The standard InChI is InChI=1S/C9H9ClN4O2/c10-8-11-3-6-7(13-8)14(9(15)12-6)5-1-2-16-4-5/h3,5H,1-2,4H2,(H,12,15)/t5-/m1/s1. The molecule has 1 aliphatic rings. The maximum absolute atomic E-state index is 11.8. The molecule has 0 bridgehead atoms. The Morgan fingerprint density at radius 1 is 1.62 bits per heavy atom. The van der Waals surface area contributed by atoms with Gasteiger partial charge in [0.15, 0.2) is 5.65 Å². The molecular weight excluding hydrogens is 232 g/mol. The topological polar surface area (TPSA) is 72.8 Å². The first-order valence-corrected chi connectivity index (χ1v) is 5.34. The number of hydrogen-bond donors (Lipinski definition) is 1. The van der Waals surface area contributed by atoms with Crippen molar-refractivity contribution < 1.29 is 4.74 Å². The van der Waals surface area contributed by atoms with E-state index in [2.05, 4.69) is 15.0 Å². The Kier molecular flexibility index (Phi) is 2.19. The molecule has 0 saturated carbocycles. The zero-order chi connectivity index (χ0) is 11.1. The van der Waals surface area contributed by atoms with Crippen molar-refractivity contribution in [3.63, 3.8) is 0 Å². The summed E-state index contributed by atoms with van der Waals surface area (Å²) in [6, 6.07) is 0.0345. The van der Waals surface area contributed by atoms with Crippen LogP contribution in [0.25, 0.3) is 11.2 Å². The van der Waals surface area contributed by atoms with Crippen LogP contribution in [-0.4, -0.2) is 32.7 Å². The highest BCUT2D eigenvalue weighted by atomic mass is 35.5. The van der Waals surface area contributed by atoms with Crippen molar-refractivity contribution in [2.45, 2.75) is 12.5 Å². The SMILES string of the molecule is O=c1[nH]c2cnc(Cl)nc2n1[C@@H]1CCOC1. The molecule has 16 heavy (non-hydrogen) atoms. The second-order valence-corrected chi connectivity index (χ2v) is 4.03. The lowest BCUT2D eigenvalue weighted by atomic mass is 10.2. The van der Waals surface area contributed by atoms with E-state index in [0.29, 0.717) is 24.4 Å². The van der Waals surface area contributed by atoms with Crippen LogP contribution in [0.3, 0.4) is 0 Å². The molecule has 0 aromatic carbocycles. The summed E-state index contributed by atoms with van der Waals surface area (Å²) in [6.07, 6.45) is 2.33. The van der Waals surface area contributed by atoms with Gasteiger partial charge in [-0.2, -0.15) is 4.98 Å². The predicted octanol–water partition coefficient (Wildman–Crippen LogP) is 0.734. The van der Waals surface area contributed by atoms with E-state index in [1.807, 2.05) is 0 Å². The van der Waals surface area contributed by atoms with Gasteiger partial charge in [-0.25, -0.2) is 9.78 Å². The van der Waals surface area contributed by atoms with Gasteiger partial charge in [0, 0.05) is 6.61 Å². The first kappa shape index (κ1) is 9.80. The highest BCUT2D eigenvalue weighted by Crippen LogP contribution is 2.21. The van der Waals surface area contributed by atoms with Crippen LogP contribution in [0, 0.1) is 0 Å². The van der Waals surface area contributed by atoms with Gasteiger partial charge in [0.1, 0.15) is 5.52 Å².